The quantitative estimate of drug-likeness (QED) is 0.608. The van der Waals surface area contributed by atoms with E-state index >= 15 is 0 Å². The lowest BCUT2D eigenvalue weighted by Gasteiger charge is -2.57. The van der Waals surface area contributed by atoms with Gasteiger partial charge in [-0.3, -0.25) is 4.79 Å². The Morgan fingerprint density at radius 3 is 2.36 bits per heavy atom. The highest BCUT2D eigenvalue weighted by atomic mass is 16.7. The largest absolute Gasteiger partial charge is 0.462 e. The van der Waals surface area contributed by atoms with Gasteiger partial charge in [-0.15, -0.1) is 0 Å². The number of carbonyl (C=O) groups is 1. The summed E-state index contributed by atoms with van der Waals surface area (Å²) in [4.78, 5) is 12.2. The zero-order valence-corrected chi connectivity index (χ0v) is 18.6. The summed E-state index contributed by atoms with van der Waals surface area (Å²) >= 11 is 0. The third-order valence-electron chi connectivity index (χ3n) is 9.43. The first-order valence-corrected chi connectivity index (χ1v) is 11.7. The minimum atomic E-state index is -0.451. The second-order valence-electron chi connectivity index (χ2n) is 10.7. The maximum atomic E-state index is 12.2. The molecule has 1 spiro atoms. The van der Waals surface area contributed by atoms with Crippen LogP contribution in [0.1, 0.15) is 86.0 Å². The lowest BCUT2D eigenvalue weighted by molar-refractivity contribution is -0.252. The first kappa shape index (κ1) is 20.7. The maximum Gasteiger partial charge on any atom is 0.302 e. The number of ether oxygens (including phenoxy) is 3. The van der Waals surface area contributed by atoms with Crippen LogP contribution in [-0.2, 0) is 19.0 Å². The van der Waals surface area contributed by atoms with Gasteiger partial charge in [0.25, 0.3) is 0 Å². The van der Waals surface area contributed by atoms with Crippen LogP contribution in [0, 0.1) is 34.5 Å². The van der Waals surface area contributed by atoms with Gasteiger partial charge in [0, 0.05) is 30.6 Å². The molecule has 0 bridgehead atoms. The highest BCUT2D eigenvalue weighted by Gasteiger charge is 2.67. The predicted molar refractivity (Wildman–Crippen MR) is 109 cm³/mol. The van der Waals surface area contributed by atoms with Crippen molar-refractivity contribution in [3.05, 3.63) is 0 Å². The summed E-state index contributed by atoms with van der Waals surface area (Å²) in [7, 11) is 0. The number of hydrogen-bond donors (Lipinski definition) is 0. The van der Waals surface area contributed by atoms with Gasteiger partial charge in [0.15, 0.2) is 5.79 Å². The molecule has 1 heterocycles. The Balaban J connectivity index is 1.67. The molecule has 0 aromatic heterocycles. The maximum absolute atomic E-state index is 12.2. The smallest absolute Gasteiger partial charge is 0.302 e. The second-order valence-corrected chi connectivity index (χ2v) is 10.7. The van der Waals surface area contributed by atoms with Crippen LogP contribution in [0.3, 0.4) is 0 Å². The van der Waals surface area contributed by atoms with Crippen LogP contribution < -0.4 is 0 Å². The molecule has 28 heavy (non-hydrogen) atoms. The SMILES string of the molecule is CC[C@H]1C[C@@H](C)CC[C@]1(C)C1CC[C@@]2(C)C(CCC23OCCO3)C1OC(C)=O. The number of esters is 1. The van der Waals surface area contributed by atoms with Crippen molar-refractivity contribution in [3.8, 4) is 0 Å². The van der Waals surface area contributed by atoms with Crippen molar-refractivity contribution in [2.75, 3.05) is 13.2 Å². The molecule has 3 saturated carbocycles. The molecule has 7 atom stereocenters. The van der Waals surface area contributed by atoms with E-state index in [0.29, 0.717) is 25.0 Å². The predicted octanol–water partition coefficient (Wildman–Crippen LogP) is 5.34. The lowest BCUT2D eigenvalue weighted by Crippen LogP contribution is -2.57. The van der Waals surface area contributed by atoms with E-state index in [1.54, 1.807) is 6.92 Å². The van der Waals surface area contributed by atoms with E-state index in [0.717, 1.165) is 37.5 Å². The molecule has 0 radical (unpaired) electrons. The van der Waals surface area contributed by atoms with Crippen LogP contribution in [0.2, 0.25) is 0 Å². The molecular weight excluding hydrogens is 352 g/mol. The monoisotopic (exact) mass is 392 g/mol. The van der Waals surface area contributed by atoms with Crippen molar-refractivity contribution in [3.63, 3.8) is 0 Å². The van der Waals surface area contributed by atoms with E-state index in [1.165, 1.54) is 25.7 Å². The molecule has 0 N–H and O–H groups in total. The highest BCUT2D eigenvalue weighted by Crippen LogP contribution is 2.65. The molecular formula is C24H40O4. The molecule has 3 unspecified atom stereocenters. The Kier molecular flexibility index (Phi) is 5.36. The molecule has 3 aliphatic carbocycles. The average Bonchev–Trinajstić information content (AvgIpc) is 3.24. The van der Waals surface area contributed by atoms with Crippen LogP contribution >= 0.6 is 0 Å². The van der Waals surface area contributed by atoms with E-state index in [2.05, 4.69) is 27.7 Å². The Labute approximate surface area is 171 Å². The van der Waals surface area contributed by atoms with E-state index in [1.807, 2.05) is 0 Å². The van der Waals surface area contributed by atoms with Gasteiger partial charge in [-0.25, -0.2) is 0 Å². The van der Waals surface area contributed by atoms with Crippen LogP contribution in [0.25, 0.3) is 0 Å². The third-order valence-corrected chi connectivity index (χ3v) is 9.43. The molecule has 0 amide bonds. The standard InChI is InChI=1S/C24H40O4/c1-6-18-15-16(2)7-10-22(18,4)19-8-11-23(5)20(21(19)28-17(3)25)9-12-24(23)26-13-14-27-24/h16,18-21H,6-15H2,1-5H3/t16-,18-,19?,20?,21?,22-,23-/m0/s1. The Bertz CT molecular complexity index is 597. The normalized spacial score (nSPS) is 47.8. The van der Waals surface area contributed by atoms with E-state index in [4.69, 9.17) is 14.2 Å². The van der Waals surface area contributed by atoms with Gasteiger partial charge in [0.2, 0.25) is 0 Å². The van der Waals surface area contributed by atoms with Crippen molar-refractivity contribution in [2.24, 2.45) is 34.5 Å². The first-order valence-electron chi connectivity index (χ1n) is 11.7. The fourth-order valence-electron chi connectivity index (χ4n) is 7.78. The van der Waals surface area contributed by atoms with Gasteiger partial charge < -0.3 is 14.2 Å². The summed E-state index contributed by atoms with van der Waals surface area (Å²) in [5.74, 6) is 1.74. The van der Waals surface area contributed by atoms with Crippen molar-refractivity contribution in [1.82, 2.24) is 0 Å². The van der Waals surface area contributed by atoms with Crippen LogP contribution in [-0.4, -0.2) is 31.1 Å². The molecule has 4 heteroatoms. The summed E-state index contributed by atoms with van der Waals surface area (Å²) in [6, 6.07) is 0. The molecule has 1 saturated heterocycles. The van der Waals surface area contributed by atoms with Crippen LogP contribution in [0.15, 0.2) is 0 Å². The summed E-state index contributed by atoms with van der Waals surface area (Å²) < 4.78 is 18.6. The molecule has 1 aliphatic heterocycles. The Hall–Kier alpha value is -0.610. The summed E-state index contributed by atoms with van der Waals surface area (Å²) in [5, 5.41) is 0. The minimum Gasteiger partial charge on any atom is -0.462 e. The Morgan fingerprint density at radius 2 is 1.71 bits per heavy atom. The molecule has 4 aliphatic rings. The summed E-state index contributed by atoms with van der Waals surface area (Å²) in [5.41, 5.74) is 0.204. The summed E-state index contributed by atoms with van der Waals surface area (Å²) in [6.45, 7) is 12.6. The molecule has 4 fully saturated rings. The average molecular weight is 393 g/mol. The number of rotatable bonds is 3. The van der Waals surface area contributed by atoms with Gasteiger partial charge in [0.1, 0.15) is 6.10 Å². The number of hydrogen-bond acceptors (Lipinski definition) is 4. The third kappa shape index (κ3) is 2.96. The van der Waals surface area contributed by atoms with Crippen molar-refractivity contribution in [2.45, 2.75) is 97.9 Å². The lowest BCUT2D eigenvalue weighted by atomic mass is 9.50. The molecule has 4 nitrogen and oxygen atoms in total. The van der Waals surface area contributed by atoms with Crippen molar-refractivity contribution < 1.29 is 19.0 Å². The zero-order valence-electron chi connectivity index (χ0n) is 18.6. The van der Waals surface area contributed by atoms with Crippen LogP contribution in [0.5, 0.6) is 0 Å². The van der Waals surface area contributed by atoms with E-state index < -0.39 is 5.79 Å². The topological polar surface area (TPSA) is 44.8 Å². The van der Waals surface area contributed by atoms with Gasteiger partial charge in [-0.2, -0.15) is 0 Å². The minimum absolute atomic E-state index is 0.00381. The van der Waals surface area contributed by atoms with Gasteiger partial charge in [0.05, 0.1) is 13.2 Å². The molecule has 0 aromatic rings. The number of carbonyl (C=O) groups excluding carboxylic acids is 1. The highest BCUT2D eigenvalue weighted by molar-refractivity contribution is 5.66. The number of fused-ring (bicyclic) bond motifs is 2. The molecule has 0 aromatic carbocycles. The molecule has 160 valence electrons. The Morgan fingerprint density at radius 1 is 1.04 bits per heavy atom. The van der Waals surface area contributed by atoms with Crippen molar-refractivity contribution >= 4 is 5.97 Å². The van der Waals surface area contributed by atoms with E-state index in [9.17, 15) is 4.79 Å². The fourth-order valence-corrected chi connectivity index (χ4v) is 7.78. The fraction of sp³-hybridized carbons (Fsp3) is 0.958. The molecule has 4 rings (SSSR count). The van der Waals surface area contributed by atoms with Gasteiger partial charge in [-0.1, -0.05) is 40.5 Å². The van der Waals surface area contributed by atoms with Gasteiger partial charge in [-0.05, 0) is 49.4 Å². The first-order chi connectivity index (χ1) is 13.3. The second kappa shape index (κ2) is 7.27. The van der Waals surface area contributed by atoms with Crippen molar-refractivity contribution in [1.29, 1.82) is 0 Å². The van der Waals surface area contributed by atoms with E-state index in [-0.39, 0.29) is 22.9 Å². The zero-order chi connectivity index (χ0) is 20.2. The van der Waals surface area contributed by atoms with Gasteiger partial charge >= 0.3 is 5.97 Å². The summed E-state index contributed by atoms with van der Waals surface area (Å²) in [6.07, 6.45) is 9.29. The van der Waals surface area contributed by atoms with Crippen LogP contribution in [0.4, 0.5) is 0 Å².